The molecule has 0 saturated heterocycles. The molecule has 1 N–H and O–H groups in total. The largest absolute Gasteiger partial charge is 0.407 e. The van der Waals surface area contributed by atoms with E-state index >= 15 is 0 Å². The number of sulfonamides is 1. The smallest absolute Gasteiger partial charge is 0.274 e. The molecule has 1 unspecified atom stereocenters. The molecule has 1 atom stereocenters. The third-order valence-electron chi connectivity index (χ3n) is 7.27. The molecule has 3 aromatic carbocycles. The molecule has 0 amide bonds. The Morgan fingerprint density at radius 3 is 2.08 bits per heavy atom. The summed E-state index contributed by atoms with van der Waals surface area (Å²) in [6, 6.07) is 30.1. The number of aliphatic hydroxyl groups is 1. The minimum Gasteiger partial charge on any atom is -0.407 e. The van der Waals surface area contributed by atoms with E-state index in [2.05, 4.69) is 69.3 Å². The van der Waals surface area contributed by atoms with Crippen molar-refractivity contribution in [3.8, 4) is 0 Å². The highest BCUT2D eigenvalue weighted by Crippen LogP contribution is 2.42. The topological polar surface area (TPSA) is 66.8 Å². The van der Waals surface area contributed by atoms with E-state index in [0.29, 0.717) is 28.6 Å². The number of hydrogen-bond acceptors (Lipinski definition) is 5. The highest BCUT2D eigenvalue weighted by Gasteiger charge is 2.50. The van der Waals surface area contributed by atoms with Crippen LogP contribution in [0.4, 0.5) is 5.69 Å². The van der Waals surface area contributed by atoms with Gasteiger partial charge in [0, 0.05) is 12.2 Å². The van der Waals surface area contributed by atoms with Gasteiger partial charge in [-0.15, -0.1) is 11.3 Å². The number of nitrogens with zero attached hydrogens (tertiary/aromatic N) is 1. The third-order valence-corrected chi connectivity index (χ3v) is 15.9. The van der Waals surface area contributed by atoms with Crippen molar-refractivity contribution in [2.75, 3.05) is 17.5 Å². The summed E-state index contributed by atoms with van der Waals surface area (Å²) in [6.45, 7) is 7.26. The molecular weight excluding hydrogens is 566 g/mol. The van der Waals surface area contributed by atoms with E-state index in [0.717, 1.165) is 16.9 Å². The van der Waals surface area contributed by atoms with Crippen molar-refractivity contribution in [1.82, 2.24) is 0 Å². The Bertz CT molecular complexity index is 1500. The molecule has 0 spiro atoms. The van der Waals surface area contributed by atoms with Crippen LogP contribution >= 0.6 is 22.9 Å². The fourth-order valence-corrected chi connectivity index (χ4v) is 13.5. The third kappa shape index (κ3) is 5.22. The Morgan fingerprint density at radius 2 is 1.54 bits per heavy atom. The van der Waals surface area contributed by atoms with Gasteiger partial charge in [0.15, 0.2) is 0 Å². The molecule has 5 nitrogen and oxygen atoms in total. The Labute approximate surface area is 240 Å². The average Bonchev–Trinajstić information content (AvgIpc) is 3.33. The second kappa shape index (κ2) is 10.8. The van der Waals surface area contributed by atoms with Crippen LogP contribution in [-0.4, -0.2) is 35.0 Å². The lowest BCUT2D eigenvalue weighted by Crippen LogP contribution is -2.66. The Balaban J connectivity index is 1.37. The maximum absolute atomic E-state index is 13.2. The van der Waals surface area contributed by atoms with Crippen LogP contribution < -0.4 is 14.7 Å². The summed E-state index contributed by atoms with van der Waals surface area (Å²) in [5, 5.41) is 12.9. The van der Waals surface area contributed by atoms with Crippen molar-refractivity contribution in [3.05, 3.63) is 106 Å². The number of aliphatic hydroxyl groups excluding tert-OH is 1. The molecule has 0 radical (unpaired) electrons. The zero-order valence-electron chi connectivity index (χ0n) is 22.2. The first kappa shape index (κ1) is 28.1. The van der Waals surface area contributed by atoms with Crippen molar-refractivity contribution in [2.24, 2.45) is 0 Å². The van der Waals surface area contributed by atoms with E-state index in [4.69, 9.17) is 16.0 Å². The Hall–Kier alpha value is -2.46. The van der Waals surface area contributed by atoms with E-state index < -0.39 is 24.4 Å². The van der Waals surface area contributed by atoms with Crippen LogP contribution in [0.3, 0.4) is 0 Å². The summed E-state index contributed by atoms with van der Waals surface area (Å²) in [5.74, 6) is 0. The zero-order chi connectivity index (χ0) is 27.8. The average molecular weight is 598 g/mol. The quantitative estimate of drug-likeness (QED) is 0.275. The first-order valence-corrected chi connectivity index (χ1v) is 17.4. The van der Waals surface area contributed by atoms with Crippen LogP contribution in [0.25, 0.3) is 0 Å². The normalized spacial score (nSPS) is 17.2. The summed E-state index contributed by atoms with van der Waals surface area (Å²) >= 11 is 7.04. The molecular formula is C30H32ClNO4S2Si. The number of thiophene rings is 1. The van der Waals surface area contributed by atoms with Crippen molar-refractivity contribution in [1.29, 1.82) is 0 Å². The van der Waals surface area contributed by atoms with E-state index in [-0.39, 0.29) is 15.8 Å². The van der Waals surface area contributed by atoms with Gasteiger partial charge in [-0.05, 0) is 45.6 Å². The lowest BCUT2D eigenvalue weighted by Gasteiger charge is -2.43. The van der Waals surface area contributed by atoms with Gasteiger partial charge in [-0.1, -0.05) is 105 Å². The monoisotopic (exact) mass is 597 g/mol. The van der Waals surface area contributed by atoms with Gasteiger partial charge in [0.25, 0.3) is 18.3 Å². The van der Waals surface area contributed by atoms with Gasteiger partial charge in [0.05, 0.1) is 22.7 Å². The lowest BCUT2D eigenvalue weighted by molar-refractivity contribution is 0.182. The van der Waals surface area contributed by atoms with Crippen molar-refractivity contribution >= 4 is 57.3 Å². The van der Waals surface area contributed by atoms with Gasteiger partial charge in [-0.25, -0.2) is 8.42 Å². The molecule has 4 aromatic rings. The second-order valence-corrected chi connectivity index (χ2v) is 18.8. The molecule has 39 heavy (non-hydrogen) atoms. The maximum atomic E-state index is 13.2. The summed E-state index contributed by atoms with van der Waals surface area (Å²) in [5.41, 5.74) is 1.94. The first-order valence-electron chi connectivity index (χ1n) is 12.9. The minimum absolute atomic E-state index is 0.0429. The summed E-state index contributed by atoms with van der Waals surface area (Å²) in [4.78, 5) is 0. The number of anilines is 1. The van der Waals surface area contributed by atoms with Gasteiger partial charge in [0.1, 0.15) is 4.21 Å². The highest BCUT2D eigenvalue weighted by atomic mass is 35.5. The van der Waals surface area contributed by atoms with Gasteiger partial charge in [-0.3, -0.25) is 4.31 Å². The number of β-amino-alcohol motifs (C(OH)–C–C–N with tert-alkyl or cyclic N) is 1. The maximum Gasteiger partial charge on any atom is 0.274 e. The highest BCUT2D eigenvalue weighted by molar-refractivity contribution is 7.95. The predicted octanol–water partition coefficient (Wildman–Crippen LogP) is 5.76. The van der Waals surface area contributed by atoms with E-state index in [1.165, 1.54) is 20.7 Å². The van der Waals surface area contributed by atoms with Crippen LogP contribution in [0.5, 0.6) is 0 Å². The number of fused-ring (bicyclic) bond motifs is 1. The molecule has 1 aliphatic rings. The molecule has 0 fully saturated rings. The fraction of sp³-hybridized carbons (Fsp3) is 0.267. The molecule has 0 bridgehead atoms. The van der Waals surface area contributed by atoms with E-state index in [1.54, 1.807) is 12.1 Å². The first-order chi connectivity index (χ1) is 18.5. The van der Waals surface area contributed by atoms with Gasteiger partial charge >= 0.3 is 0 Å². The summed E-state index contributed by atoms with van der Waals surface area (Å²) < 4.78 is 35.2. The number of rotatable bonds is 7. The molecule has 9 heteroatoms. The standard InChI is InChI=1S/C30H32ClNO4S2Si/c1-30(2,3)39(24-10-6-4-7-11-24,25-12-8-5-9-13-25)36-19-18-22-14-16-23(17-15-22)32-21-27(33)26-20-28(31)37-29(26)38(32,34)35/h4-17,20,27,33H,18-19,21H2,1-3H3. The van der Waals surface area contributed by atoms with Gasteiger partial charge in [0.2, 0.25) is 0 Å². The lowest BCUT2D eigenvalue weighted by atomic mass is 10.1. The zero-order valence-corrected chi connectivity index (χ0v) is 25.6. The van der Waals surface area contributed by atoms with Crippen LogP contribution in [0, 0.1) is 0 Å². The SMILES string of the molecule is CC(C)(C)[Si](OCCc1ccc(N2CC(O)c3cc(Cl)sc3S2(=O)=O)cc1)(c1ccccc1)c1ccccc1. The van der Waals surface area contributed by atoms with Crippen LogP contribution in [0.1, 0.15) is 38.0 Å². The van der Waals surface area contributed by atoms with Crippen molar-refractivity contribution in [2.45, 2.75) is 42.5 Å². The molecule has 2 heterocycles. The van der Waals surface area contributed by atoms with Crippen LogP contribution in [0.15, 0.2) is 95.2 Å². The predicted molar refractivity (Wildman–Crippen MR) is 163 cm³/mol. The second-order valence-electron chi connectivity index (χ2n) is 10.8. The number of benzene rings is 3. The van der Waals surface area contributed by atoms with Crippen molar-refractivity contribution in [3.63, 3.8) is 0 Å². The summed E-state index contributed by atoms with van der Waals surface area (Å²) in [7, 11) is -6.41. The minimum atomic E-state index is -3.79. The van der Waals surface area contributed by atoms with Gasteiger partial charge < -0.3 is 9.53 Å². The molecule has 0 saturated carbocycles. The molecule has 1 aromatic heterocycles. The van der Waals surface area contributed by atoms with Crippen molar-refractivity contribution < 1.29 is 18.0 Å². The van der Waals surface area contributed by atoms with E-state index in [1.807, 2.05) is 24.3 Å². The molecule has 0 aliphatic carbocycles. The summed E-state index contributed by atoms with van der Waals surface area (Å²) in [6.07, 6.45) is -0.239. The fourth-order valence-electron chi connectivity index (χ4n) is 5.40. The number of halogens is 1. The van der Waals surface area contributed by atoms with Crippen LogP contribution in [-0.2, 0) is 20.9 Å². The Morgan fingerprint density at radius 1 is 0.974 bits per heavy atom. The van der Waals surface area contributed by atoms with Gasteiger partial charge in [-0.2, -0.15) is 0 Å². The van der Waals surface area contributed by atoms with Crippen LogP contribution in [0.2, 0.25) is 9.37 Å². The molecule has 1 aliphatic heterocycles. The number of hydrogen-bond donors (Lipinski definition) is 1. The molecule has 5 rings (SSSR count). The molecule has 204 valence electrons. The van der Waals surface area contributed by atoms with E-state index in [9.17, 15) is 13.5 Å². The Kier molecular flexibility index (Phi) is 7.80.